The van der Waals surface area contributed by atoms with Gasteiger partial charge in [-0.25, -0.2) is 0 Å². The third-order valence-electron chi connectivity index (χ3n) is 3.86. The third-order valence-corrected chi connectivity index (χ3v) is 4.93. The molecule has 0 bridgehead atoms. The van der Waals surface area contributed by atoms with Crippen LogP contribution in [-0.2, 0) is 9.53 Å². The van der Waals surface area contributed by atoms with E-state index in [1.807, 2.05) is 30.3 Å². The van der Waals surface area contributed by atoms with Crippen LogP contribution >= 0.6 is 11.8 Å². The van der Waals surface area contributed by atoms with Crippen LogP contribution in [0.1, 0.15) is 17.7 Å². The van der Waals surface area contributed by atoms with Gasteiger partial charge in [-0.1, -0.05) is 30.3 Å². The number of carbonyl (C=O) groups excluding carboxylic acids is 1. The van der Waals surface area contributed by atoms with Crippen LogP contribution in [0.4, 0.5) is 0 Å². The Morgan fingerprint density at radius 2 is 1.82 bits per heavy atom. The van der Waals surface area contributed by atoms with Crippen molar-refractivity contribution < 1.29 is 23.4 Å². The number of hydrogen-bond acceptors (Lipinski definition) is 8. The maximum Gasteiger partial charge on any atom is 0.324 e. The molecule has 0 spiro atoms. The first-order chi connectivity index (χ1) is 13.7. The van der Waals surface area contributed by atoms with Crippen molar-refractivity contribution in [3.05, 3.63) is 54.1 Å². The summed E-state index contributed by atoms with van der Waals surface area (Å²) in [5.74, 6) is 1.12. The van der Waals surface area contributed by atoms with Crippen molar-refractivity contribution in [2.75, 3.05) is 20.8 Å². The van der Waals surface area contributed by atoms with Gasteiger partial charge in [0.2, 0.25) is 5.89 Å². The van der Waals surface area contributed by atoms with Gasteiger partial charge in [-0.2, -0.15) is 0 Å². The number of esters is 1. The maximum atomic E-state index is 12.4. The van der Waals surface area contributed by atoms with Gasteiger partial charge in [0.25, 0.3) is 5.22 Å². The number of rotatable bonds is 8. The molecule has 7 nitrogen and oxygen atoms in total. The van der Waals surface area contributed by atoms with Crippen LogP contribution in [0.5, 0.6) is 11.5 Å². The van der Waals surface area contributed by atoms with Crippen LogP contribution < -0.4 is 9.47 Å². The fraction of sp³-hybridized carbons (Fsp3) is 0.250. The summed E-state index contributed by atoms with van der Waals surface area (Å²) in [5, 5.41) is 7.82. The average molecular weight is 400 g/mol. The van der Waals surface area contributed by atoms with Crippen LogP contribution in [0.15, 0.2) is 58.2 Å². The van der Waals surface area contributed by atoms with Crippen LogP contribution in [0.2, 0.25) is 0 Å². The second-order valence-electron chi connectivity index (χ2n) is 5.60. The second kappa shape index (κ2) is 9.27. The number of methoxy groups -OCH3 is 2. The van der Waals surface area contributed by atoms with Gasteiger partial charge < -0.3 is 18.6 Å². The zero-order chi connectivity index (χ0) is 19.9. The summed E-state index contributed by atoms with van der Waals surface area (Å²) in [7, 11) is 3.12. The van der Waals surface area contributed by atoms with Crippen LogP contribution in [0.3, 0.4) is 0 Å². The molecule has 3 rings (SSSR count). The quantitative estimate of drug-likeness (QED) is 0.412. The summed E-state index contributed by atoms with van der Waals surface area (Å²) in [6, 6.07) is 14.6. The van der Waals surface area contributed by atoms with Crippen molar-refractivity contribution in [2.24, 2.45) is 0 Å². The molecule has 146 valence electrons. The molecule has 1 heterocycles. The summed E-state index contributed by atoms with van der Waals surface area (Å²) in [4.78, 5) is 12.4. The highest BCUT2D eigenvalue weighted by atomic mass is 32.2. The fourth-order valence-electron chi connectivity index (χ4n) is 2.54. The van der Waals surface area contributed by atoms with Crippen molar-refractivity contribution in [1.82, 2.24) is 10.2 Å². The van der Waals surface area contributed by atoms with E-state index in [2.05, 4.69) is 10.2 Å². The lowest BCUT2D eigenvalue weighted by Crippen LogP contribution is -2.13. The summed E-state index contributed by atoms with van der Waals surface area (Å²) in [5.41, 5.74) is 1.49. The van der Waals surface area contributed by atoms with Gasteiger partial charge in [0.05, 0.1) is 20.8 Å². The average Bonchev–Trinajstić information content (AvgIpc) is 3.21. The van der Waals surface area contributed by atoms with Crippen LogP contribution in [-0.4, -0.2) is 37.0 Å². The second-order valence-corrected chi connectivity index (χ2v) is 6.66. The minimum Gasteiger partial charge on any atom is -0.493 e. The standard InChI is InChI=1S/C20H20N2O5S/c1-4-26-19(23)17(13-8-6-5-7-9-13)28-20-22-21-18(27-20)14-10-11-15(24-2)16(12-14)25-3/h5-12,17H,4H2,1-3H3/t17-/m1/s1. The van der Waals surface area contributed by atoms with Gasteiger partial charge in [-0.15, -0.1) is 10.2 Å². The molecule has 1 atom stereocenters. The van der Waals surface area contributed by atoms with Gasteiger partial charge in [-0.05, 0) is 42.4 Å². The highest BCUT2D eigenvalue weighted by Gasteiger charge is 2.26. The van der Waals surface area contributed by atoms with E-state index in [1.165, 1.54) is 0 Å². The molecular weight excluding hydrogens is 380 g/mol. The van der Waals surface area contributed by atoms with E-state index in [1.54, 1.807) is 39.3 Å². The molecule has 1 aromatic heterocycles. The van der Waals surface area contributed by atoms with E-state index in [4.69, 9.17) is 18.6 Å². The smallest absolute Gasteiger partial charge is 0.324 e. The first-order valence-electron chi connectivity index (χ1n) is 8.60. The molecule has 0 aliphatic rings. The Kier molecular flexibility index (Phi) is 6.54. The van der Waals surface area contributed by atoms with E-state index in [0.29, 0.717) is 29.6 Å². The number of hydrogen-bond donors (Lipinski definition) is 0. The Balaban J connectivity index is 1.85. The van der Waals surface area contributed by atoms with Gasteiger partial charge >= 0.3 is 5.97 Å². The van der Waals surface area contributed by atoms with Gasteiger partial charge in [0, 0.05) is 5.56 Å². The zero-order valence-electron chi connectivity index (χ0n) is 15.7. The minimum absolute atomic E-state index is 0.270. The molecule has 2 aromatic carbocycles. The summed E-state index contributed by atoms with van der Waals surface area (Å²) in [6.45, 7) is 2.07. The third kappa shape index (κ3) is 4.45. The highest BCUT2D eigenvalue weighted by molar-refractivity contribution is 8.00. The minimum atomic E-state index is -0.597. The first-order valence-corrected chi connectivity index (χ1v) is 9.48. The topological polar surface area (TPSA) is 83.7 Å². The maximum absolute atomic E-state index is 12.4. The Morgan fingerprint density at radius 3 is 2.50 bits per heavy atom. The van der Waals surface area contributed by atoms with Crippen molar-refractivity contribution in [3.63, 3.8) is 0 Å². The number of ether oxygens (including phenoxy) is 3. The van der Waals surface area contributed by atoms with Crippen molar-refractivity contribution in [3.8, 4) is 23.0 Å². The van der Waals surface area contributed by atoms with E-state index in [9.17, 15) is 4.79 Å². The molecular formula is C20H20N2O5S. The van der Waals surface area contributed by atoms with Crippen LogP contribution in [0, 0.1) is 0 Å². The molecule has 3 aromatic rings. The molecule has 0 aliphatic heterocycles. The normalized spacial score (nSPS) is 11.7. The first kappa shape index (κ1) is 19.8. The lowest BCUT2D eigenvalue weighted by Gasteiger charge is -2.13. The molecule has 28 heavy (non-hydrogen) atoms. The Labute approximate surface area is 167 Å². The summed E-state index contributed by atoms with van der Waals surface area (Å²) >= 11 is 1.15. The van der Waals surface area contributed by atoms with Gasteiger partial charge in [0.15, 0.2) is 11.5 Å². The molecule has 0 aliphatic carbocycles. The molecule has 0 N–H and O–H groups in total. The van der Waals surface area contributed by atoms with E-state index in [-0.39, 0.29) is 11.2 Å². The van der Waals surface area contributed by atoms with Crippen LogP contribution in [0.25, 0.3) is 11.5 Å². The highest BCUT2D eigenvalue weighted by Crippen LogP contribution is 2.37. The number of nitrogens with zero attached hydrogens (tertiary/aromatic N) is 2. The Bertz CT molecular complexity index is 929. The van der Waals surface area contributed by atoms with Crippen molar-refractivity contribution in [2.45, 2.75) is 17.4 Å². The van der Waals surface area contributed by atoms with E-state index < -0.39 is 5.25 Å². The monoisotopic (exact) mass is 400 g/mol. The Morgan fingerprint density at radius 1 is 1.07 bits per heavy atom. The summed E-state index contributed by atoms with van der Waals surface area (Å²) < 4.78 is 21.5. The lowest BCUT2D eigenvalue weighted by atomic mass is 10.1. The molecule has 0 unspecified atom stereocenters. The molecule has 0 amide bonds. The van der Waals surface area contributed by atoms with Gasteiger partial charge in [0.1, 0.15) is 5.25 Å². The predicted molar refractivity (Wildman–Crippen MR) is 105 cm³/mol. The number of aromatic nitrogens is 2. The fourth-order valence-corrected chi connectivity index (χ4v) is 3.42. The molecule has 0 saturated carbocycles. The zero-order valence-corrected chi connectivity index (χ0v) is 16.6. The van der Waals surface area contributed by atoms with E-state index >= 15 is 0 Å². The number of carbonyl (C=O) groups is 1. The lowest BCUT2D eigenvalue weighted by molar-refractivity contribution is -0.142. The molecule has 8 heteroatoms. The number of thioether (sulfide) groups is 1. The molecule has 0 radical (unpaired) electrons. The summed E-state index contributed by atoms with van der Waals surface area (Å²) in [6.07, 6.45) is 0. The number of benzene rings is 2. The SMILES string of the molecule is CCOC(=O)[C@H](Sc1nnc(-c2ccc(OC)c(OC)c2)o1)c1ccccc1. The molecule has 0 fully saturated rings. The van der Waals surface area contributed by atoms with Gasteiger partial charge in [-0.3, -0.25) is 4.79 Å². The molecule has 0 saturated heterocycles. The predicted octanol–water partition coefficient (Wildman–Crippen LogP) is 4.15. The Hall–Kier alpha value is -3.00. The largest absolute Gasteiger partial charge is 0.493 e. The van der Waals surface area contributed by atoms with E-state index in [0.717, 1.165) is 17.3 Å². The van der Waals surface area contributed by atoms with Crippen molar-refractivity contribution in [1.29, 1.82) is 0 Å². The van der Waals surface area contributed by atoms with Crippen molar-refractivity contribution >= 4 is 17.7 Å².